The van der Waals surface area contributed by atoms with Crippen LogP contribution in [-0.4, -0.2) is 42.0 Å². The number of hydrogen-bond acceptors (Lipinski definition) is 4. The Kier molecular flexibility index (Phi) is 5.13. The van der Waals surface area contributed by atoms with Gasteiger partial charge in [0.1, 0.15) is 6.54 Å². The fourth-order valence-corrected chi connectivity index (χ4v) is 2.55. The van der Waals surface area contributed by atoms with Crippen LogP contribution in [0.2, 0.25) is 0 Å². The van der Waals surface area contributed by atoms with Crippen LogP contribution in [0.3, 0.4) is 0 Å². The molecular weight excluding hydrogens is 348 g/mol. The van der Waals surface area contributed by atoms with Gasteiger partial charge in [0, 0.05) is 22.6 Å². The van der Waals surface area contributed by atoms with Gasteiger partial charge in [0.15, 0.2) is 0 Å². The van der Waals surface area contributed by atoms with E-state index in [0.29, 0.717) is 12.2 Å². The van der Waals surface area contributed by atoms with Crippen molar-refractivity contribution < 1.29 is 14.3 Å². The summed E-state index contributed by atoms with van der Waals surface area (Å²) in [5.74, 6) is -0.656. The lowest BCUT2D eigenvalue weighted by Gasteiger charge is -2.17. The van der Waals surface area contributed by atoms with Crippen molar-refractivity contribution in [3.8, 4) is 0 Å². The number of aryl methyl sites for hydroxylation is 1. The summed E-state index contributed by atoms with van der Waals surface area (Å²) in [5.41, 5.74) is 2.02. The van der Waals surface area contributed by atoms with Gasteiger partial charge in [-0.25, -0.2) is 0 Å². The average molecular weight is 365 g/mol. The number of pyridine rings is 1. The van der Waals surface area contributed by atoms with Gasteiger partial charge in [-0.15, -0.1) is 0 Å². The summed E-state index contributed by atoms with van der Waals surface area (Å²) >= 11 is 3.41. The molecule has 1 aromatic carbocycles. The second-order valence-electron chi connectivity index (χ2n) is 4.94. The molecule has 2 rings (SSSR count). The number of aromatic nitrogens is 1. The first kappa shape index (κ1) is 16.4. The molecule has 116 valence electrons. The van der Waals surface area contributed by atoms with Gasteiger partial charge in [0.05, 0.1) is 17.7 Å². The molecule has 0 bridgehead atoms. The zero-order chi connectivity index (χ0) is 16.3. The van der Waals surface area contributed by atoms with Crippen molar-refractivity contribution in [1.82, 2.24) is 9.88 Å². The van der Waals surface area contributed by atoms with Crippen molar-refractivity contribution in [3.05, 3.63) is 40.0 Å². The van der Waals surface area contributed by atoms with Gasteiger partial charge in [-0.3, -0.25) is 14.6 Å². The lowest BCUT2D eigenvalue weighted by Crippen LogP contribution is -2.33. The normalized spacial score (nSPS) is 10.5. The molecule has 2 aromatic rings. The molecule has 5 nitrogen and oxygen atoms in total. The second kappa shape index (κ2) is 6.87. The van der Waals surface area contributed by atoms with Gasteiger partial charge >= 0.3 is 5.97 Å². The molecular formula is C16H17BrN2O3. The van der Waals surface area contributed by atoms with Crippen molar-refractivity contribution in [1.29, 1.82) is 0 Å². The summed E-state index contributed by atoms with van der Waals surface area (Å²) in [6.45, 7) is 3.79. The average Bonchev–Trinajstić information content (AvgIpc) is 2.46. The Hall–Kier alpha value is -1.95. The number of benzene rings is 1. The number of likely N-dealkylation sites (N-methyl/N-ethyl adjacent to an activating group) is 1. The molecule has 0 aliphatic rings. The van der Waals surface area contributed by atoms with Gasteiger partial charge in [-0.1, -0.05) is 15.9 Å². The smallest absolute Gasteiger partial charge is 0.325 e. The number of hydrogen-bond donors (Lipinski definition) is 0. The number of ether oxygens (including phenoxy) is 1. The summed E-state index contributed by atoms with van der Waals surface area (Å²) in [6, 6.07) is 7.33. The SMILES string of the molecule is CCOC(=O)CN(C)C(=O)c1cc(C)nc2ccc(Br)cc12. The molecule has 0 radical (unpaired) electrons. The summed E-state index contributed by atoms with van der Waals surface area (Å²) in [6.07, 6.45) is 0. The monoisotopic (exact) mass is 364 g/mol. The standard InChI is InChI=1S/C16H17BrN2O3/c1-4-22-15(20)9-19(3)16(21)13-7-10(2)18-14-6-5-11(17)8-12(13)14/h5-8H,4,9H2,1-3H3. The minimum Gasteiger partial charge on any atom is -0.465 e. The Morgan fingerprint density at radius 3 is 2.73 bits per heavy atom. The van der Waals surface area contributed by atoms with E-state index in [0.717, 1.165) is 21.1 Å². The van der Waals surface area contributed by atoms with Crippen molar-refractivity contribution in [2.45, 2.75) is 13.8 Å². The zero-order valence-corrected chi connectivity index (χ0v) is 14.3. The maximum absolute atomic E-state index is 12.6. The van der Waals surface area contributed by atoms with Gasteiger partial charge in [-0.05, 0) is 38.1 Å². The molecule has 1 heterocycles. The highest BCUT2D eigenvalue weighted by Gasteiger charge is 2.19. The number of esters is 1. The molecule has 0 aliphatic carbocycles. The molecule has 0 unspecified atom stereocenters. The van der Waals surface area contributed by atoms with Gasteiger partial charge < -0.3 is 9.64 Å². The third kappa shape index (κ3) is 3.62. The number of carbonyl (C=O) groups is 2. The maximum Gasteiger partial charge on any atom is 0.325 e. The van der Waals surface area contributed by atoms with Crippen LogP contribution in [0.1, 0.15) is 23.0 Å². The maximum atomic E-state index is 12.6. The van der Waals surface area contributed by atoms with Crippen LogP contribution in [0.25, 0.3) is 10.9 Å². The van der Waals surface area contributed by atoms with E-state index in [2.05, 4.69) is 20.9 Å². The summed E-state index contributed by atoms with van der Waals surface area (Å²) < 4.78 is 5.74. The van der Waals surface area contributed by atoms with E-state index in [1.54, 1.807) is 20.0 Å². The predicted octanol–water partition coefficient (Wildman–Crippen LogP) is 2.94. The van der Waals surface area contributed by atoms with Crippen LogP contribution in [0.5, 0.6) is 0 Å². The summed E-state index contributed by atoms with van der Waals surface area (Å²) in [4.78, 5) is 30.0. The van der Waals surface area contributed by atoms with Crippen LogP contribution in [0, 0.1) is 6.92 Å². The fraction of sp³-hybridized carbons (Fsp3) is 0.312. The van der Waals surface area contributed by atoms with Crippen LogP contribution in [-0.2, 0) is 9.53 Å². The number of amides is 1. The first-order valence-corrected chi connectivity index (χ1v) is 7.69. The van der Waals surface area contributed by atoms with E-state index >= 15 is 0 Å². The molecule has 0 saturated carbocycles. The van der Waals surface area contributed by atoms with E-state index in [9.17, 15) is 9.59 Å². The minimum atomic E-state index is -0.422. The predicted molar refractivity (Wildman–Crippen MR) is 87.8 cm³/mol. The molecule has 0 N–H and O–H groups in total. The Bertz CT molecular complexity index is 731. The van der Waals surface area contributed by atoms with E-state index in [-0.39, 0.29) is 12.5 Å². The Balaban J connectivity index is 2.38. The molecule has 0 atom stereocenters. The number of nitrogens with zero attached hydrogens (tertiary/aromatic N) is 2. The van der Waals surface area contributed by atoms with Crippen LogP contribution < -0.4 is 0 Å². The topological polar surface area (TPSA) is 59.5 Å². The van der Waals surface area contributed by atoms with Crippen molar-refractivity contribution in [2.75, 3.05) is 20.2 Å². The highest BCUT2D eigenvalue weighted by Crippen LogP contribution is 2.23. The van der Waals surface area contributed by atoms with Gasteiger partial charge in [0.2, 0.25) is 0 Å². The first-order chi connectivity index (χ1) is 10.4. The molecule has 0 spiro atoms. The molecule has 22 heavy (non-hydrogen) atoms. The van der Waals surface area contributed by atoms with E-state index in [4.69, 9.17) is 4.74 Å². The van der Waals surface area contributed by atoms with Crippen LogP contribution >= 0.6 is 15.9 Å². The molecule has 0 saturated heterocycles. The van der Waals surface area contributed by atoms with Gasteiger partial charge in [0.25, 0.3) is 5.91 Å². The number of halogens is 1. The first-order valence-electron chi connectivity index (χ1n) is 6.90. The van der Waals surface area contributed by atoms with E-state index in [1.165, 1.54) is 4.90 Å². The molecule has 0 aliphatic heterocycles. The number of carbonyl (C=O) groups excluding carboxylic acids is 2. The van der Waals surface area contributed by atoms with Crippen LogP contribution in [0.4, 0.5) is 0 Å². The largest absolute Gasteiger partial charge is 0.465 e. The highest BCUT2D eigenvalue weighted by atomic mass is 79.9. The lowest BCUT2D eigenvalue weighted by molar-refractivity contribution is -0.143. The molecule has 1 amide bonds. The Morgan fingerprint density at radius 1 is 1.32 bits per heavy atom. The van der Waals surface area contributed by atoms with Crippen LogP contribution in [0.15, 0.2) is 28.7 Å². The lowest BCUT2D eigenvalue weighted by atomic mass is 10.1. The summed E-state index contributed by atoms with van der Waals surface area (Å²) in [5, 5.41) is 0.751. The Morgan fingerprint density at radius 2 is 2.05 bits per heavy atom. The summed E-state index contributed by atoms with van der Waals surface area (Å²) in [7, 11) is 1.58. The van der Waals surface area contributed by atoms with Gasteiger partial charge in [-0.2, -0.15) is 0 Å². The second-order valence-corrected chi connectivity index (χ2v) is 5.85. The van der Waals surface area contributed by atoms with E-state index < -0.39 is 5.97 Å². The Labute approximate surface area is 137 Å². The number of fused-ring (bicyclic) bond motifs is 1. The zero-order valence-electron chi connectivity index (χ0n) is 12.7. The molecule has 1 aromatic heterocycles. The van der Waals surface area contributed by atoms with Crippen molar-refractivity contribution in [3.63, 3.8) is 0 Å². The fourth-order valence-electron chi connectivity index (χ4n) is 2.19. The van der Waals surface area contributed by atoms with E-state index in [1.807, 2.05) is 25.1 Å². The molecule has 0 fully saturated rings. The third-order valence-corrected chi connectivity index (χ3v) is 3.64. The number of rotatable bonds is 4. The highest BCUT2D eigenvalue weighted by molar-refractivity contribution is 9.10. The minimum absolute atomic E-state index is 0.0798. The quantitative estimate of drug-likeness (QED) is 0.782. The van der Waals surface area contributed by atoms with Crippen molar-refractivity contribution in [2.24, 2.45) is 0 Å². The molecule has 6 heteroatoms. The van der Waals surface area contributed by atoms with Crippen molar-refractivity contribution >= 4 is 38.7 Å². The third-order valence-electron chi connectivity index (χ3n) is 3.15.